The predicted octanol–water partition coefficient (Wildman–Crippen LogP) is 3.71. The second kappa shape index (κ2) is 9.95. The van der Waals surface area contributed by atoms with Gasteiger partial charge >= 0.3 is 0 Å². The van der Waals surface area contributed by atoms with Gasteiger partial charge in [-0.2, -0.15) is 0 Å². The van der Waals surface area contributed by atoms with Crippen molar-refractivity contribution in [3.63, 3.8) is 0 Å². The van der Waals surface area contributed by atoms with Crippen molar-refractivity contribution >= 4 is 0 Å². The molecule has 1 N–H and O–H groups in total. The molecule has 0 spiro atoms. The van der Waals surface area contributed by atoms with Crippen molar-refractivity contribution in [3.8, 4) is 0 Å². The summed E-state index contributed by atoms with van der Waals surface area (Å²) in [6.45, 7) is 14.6. The van der Waals surface area contributed by atoms with Crippen molar-refractivity contribution < 1.29 is 0 Å². The van der Waals surface area contributed by atoms with E-state index in [0.717, 1.165) is 32.1 Å². The summed E-state index contributed by atoms with van der Waals surface area (Å²) in [5.74, 6) is 0.735. The molecule has 114 valence electrons. The second-order valence-electron chi connectivity index (χ2n) is 5.97. The molecular formula is C18H32N2. The average molecular weight is 276 g/mol. The van der Waals surface area contributed by atoms with E-state index in [1.165, 1.54) is 30.5 Å². The molecule has 0 unspecified atom stereocenters. The van der Waals surface area contributed by atoms with Gasteiger partial charge in [-0.3, -0.25) is 0 Å². The van der Waals surface area contributed by atoms with E-state index in [2.05, 4.69) is 62.2 Å². The van der Waals surface area contributed by atoms with Crippen LogP contribution in [0.4, 0.5) is 0 Å². The van der Waals surface area contributed by atoms with E-state index in [-0.39, 0.29) is 0 Å². The Kier molecular flexibility index (Phi) is 8.56. The van der Waals surface area contributed by atoms with Crippen LogP contribution in [0.15, 0.2) is 24.3 Å². The van der Waals surface area contributed by atoms with Crippen molar-refractivity contribution in [2.24, 2.45) is 5.92 Å². The van der Waals surface area contributed by atoms with Crippen molar-refractivity contribution in [2.45, 2.75) is 47.1 Å². The lowest BCUT2D eigenvalue weighted by molar-refractivity contribution is 0.298. The van der Waals surface area contributed by atoms with Crippen LogP contribution in [-0.4, -0.2) is 31.1 Å². The third-order valence-electron chi connectivity index (χ3n) is 3.72. The second-order valence-corrected chi connectivity index (χ2v) is 5.97. The molecule has 20 heavy (non-hydrogen) atoms. The third kappa shape index (κ3) is 7.06. The molecule has 1 aromatic carbocycles. The van der Waals surface area contributed by atoms with Crippen LogP contribution < -0.4 is 5.32 Å². The van der Waals surface area contributed by atoms with Crippen LogP contribution in [0.1, 0.15) is 45.2 Å². The highest BCUT2D eigenvalue weighted by Crippen LogP contribution is 2.09. The maximum atomic E-state index is 3.54. The zero-order valence-electron chi connectivity index (χ0n) is 13.8. The summed E-state index contributed by atoms with van der Waals surface area (Å²) in [7, 11) is 0. The summed E-state index contributed by atoms with van der Waals surface area (Å²) in [4.78, 5) is 2.47. The molecule has 0 aromatic heterocycles. The Bertz CT molecular complexity index is 339. The molecule has 0 aliphatic rings. The summed E-state index contributed by atoms with van der Waals surface area (Å²) < 4.78 is 0. The molecule has 0 atom stereocenters. The van der Waals surface area contributed by atoms with Gasteiger partial charge in [0.25, 0.3) is 0 Å². The number of benzene rings is 1. The van der Waals surface area contributed by atoms with Gasteiger partial charge in [0.05, 0.1) is 0 Å². The maximum Gasteiger partial charge on any atom is 0.0205 e. The first-order valence-electron chi connectivity index (χ1n) is 8.16. The van der Waals surface area contributed by atoms with Crippen LogP contribution in [0.3, 0.4) is 0 Å². The van der Waals surface area contributed by atoms with Crippen LogP contribution in [0.25, 0.3) is 0 Å². The predicted molar refractivity (Wildman–Crippen MR) is 89.1 cm³/mol. The smallest absolute Gasteiger partial charge is 0.0205 e. The molecular weight excluding hydrogens is 244 g/mol. The van der Waals surface area contributed by atoms with Gasteiger partial charge in [-0.1, -0.05) is 52.0 Å². The van der Waals surface area contributed by atoms with Crippen molar-refractivity contribution in [1.29, 1.82) is 0 Å². The average Bonchev–Trinajstić information content (AvgIpc) is 2.44. The van der Waals surface area contributed by atoms with Gasteiger partial charge in [0, 0.05) is 6.54 Å². The van der Waals surface area contributed by atoms with Crippen molar-refractivity contribution in [3.05, 3.63) is 35.4 Å². The minimum absolute atomic E-state index is 0.735. The zero-order valence-corrected chi connectivity index (χ0v) is 13.8. The van der Waals surface area contributed by atoms with Crippen molar-refractivity contribution in [2.75, 3.05) is 26.2 Å². The fraction of sp³-hybridized carbons (Fsp3) is 0.667. The van der Waals surface area contributed by atoms with Crippen LogP contribution >= 0.6 is 0 Å². The summed E-state index contributed by atoms with van der Waals surface area (Å²) in [6, 6.07) is 9.06. The quantitative estimate of drug-likeness (QED) is 0.655. The molecule has 0 bridgehead atoms. The Hall–Kier alpha value is -0.860. The first-order valence-corrected chi connectivity index (χ1v) is 8.16. The van der Waals surface area contributed by atoms with Gasteiger partial charge in [0.1, 0.15) is 0 Å². The van der Waals surface area contributed by atoms with E-state index in [9.17, 15) is 0 Å². The van der Waals surface area contributed by atoms with E-state index < -0.39 is 0 Å². The van der Waals surface area contributed by atoms with Gasteiger partial charge in [0.15, 0.2) is 0 Å². The van der Waals surface area contributed by atoms with Gasteiger partial charge in [0.2, 0.25) is 0 Å². The molecule has 0 heterocycles. The van der Waals surface area contributed by atoms with E-state index in [4.69, 9.17) is 0 Å². The molecule has 1 rings (SSSR count). The van der Waals surface area contributed by atoms with E-state index in [0.29, 0.717) is 0 Å². The fourth-order valence-electron chi connectivity index (χ4n) is 2.46. The largest absolute Gasteiger partial charge is 0.313 e. The summed E-state index contributed by atoms with van der Waals surface area (Å²) in [6.07, 6.45) is 2.41. The Morgan fingerprint density at radius 1 is 1.00 bits per heavy atom. The third-order valence-corrected chi connectivity index (χ3v) is 3.72. The lowest BCUT2D eigenvalue weighted by Crippen LogP contribution is -2.27. The number of hydrogen-bond acceptors (Lipinski definition) is 2. The Balaban J connectivity index is 2.19. The van der Waals surface area contributed by atoms with Crippen LogP contribution in [-0.2, 0) is 13.0 Å². The Morgan fingerprint density at radius 3 is 2.15 bits per heavy atom. The van der Waals surface area contributed by atoms with E-state index >= 15 is 0 Å². The SMILES string of the molecule is CCN(CC)CCCNCc1ccc(CC(C)C)cc1. The molecule has 2 nitrogen and oxygen atoms in total. The van der Waals surface area contributed by atoms with Crippen molar-refractivity contribution in [1.82, 2.24) is 10.2 Å². The zero-order chi connectivity index (χ0) is 14.8. The van der Waals surface area contributed by atoms with E-state index in [1.54, 1.807) is 0 Å². The standard InChI is InChI=1S/C18H32N2/c1-5-20(6-2)13-7-12-19-15-18-10-8-17(9-11-18)14-16(3)4/h8-11,16,19H,5-7,12-15H2,1-4H3. The first-order chi connectivity index (χ1) is 9.65. The van der Waals surface area contributed by atoms with Crippen LogP contribution in [0, 0.1) is 5.92 Å². The summed E-state index contributed by atoms with van der Waals surface area (Å²) in [5.41, 5.74) is 2.84. The first kappa shape index (κ1) is 17.2. The highest BCUT2D eigenvalue weighted by molar-refractivity contribution is 5.22. The lowest BCUT2D eigenvalue weighted by Gasteiger charge is -2.17. The minimum Gasteiger partial charge on any atom is -0.313 e. The molecule has 0 amide bonds. The number of rotatable bonds is 10. The number of nitrogens with zero attached hydrogens (tertiary/aromatic N) is 1. The van der Waals surface area contributed by atoms with Crippen LogP contribution in [0.2, 0.25) is 0 Å². The van der Waals surface area contributed by atoms with Gasteiger partial charge < -0.3 is 10.2 Å². The topological polar surface area (TPSA) is 15.3 Å². The van der Waals surface area contributed by atoms with Gasteiger partial charge in [-0.05, 0) is 56.1 Å². The molecule has 0 aliphatic carbocycles. The maximum absolute atomic E-state index is 3.54. The summed E-state index contributed by atoms with van der Waals surface area (Å²) >= 11 is 0. The normalized spacial score (nSPS) is 11.5. The van der Waals surface area contributed by atoms with Gasteiger partial charge in [-0.25, -0.2) is 0 Å². The Morgan fingerprint density at radius 2 is 1.60 bits per heavy atom. The molecule has 2 heteroatoms. The fourth-order valence-corrected chi connectivity index (χ4v) is 2.46. The lowest BCUT2D eigenvalue weighted by atomic mass is 10.0. The van der Waals surface area contributed by atoms with Crippen LogP contribution in [0.5, 0.6) is 0 Å². The number of nitrogens with one attached hydrogen (secondary N) is 1. The molecule has 0 aliphatic heterocycles. The minimum atomic E-state index is 0.735. The Labute approximate surface area is 125 Å². The van der Waals surface area contributed by atoms with E-state index in [1.807, 2.05) is 0 Å². The molecule has 0 saturated carbocycles. The molecule has 0 radical (unpaired) electrons. The highest BCUT2D eigenvalue weighted by Gasteiger charge is 1.99. The molecule has 0 saturated heterocycles. The molecule has 0 fully saturated rings. The monoisotopic (exact) mass is 276 g/mol. The molecule has 1 aromatic rings. The van der Waals surface area contributed by atoms with Gasteiger partial charge in [-0.15, -0.1) is 0 Å². The summed E-state index contributed by atoms with van der Waals surface area (Å²) in [5, 5.41) is 3.54. The highest BCUT2D eigenvalue weighted by atomic mass is 15.1. The number of hydrogen-bond donors (Lipinski definition) is 1.